The molecule has 1 saturated carbocycles. The van der Waals surface area contributed by atoms with Crippen LogP contribution in [0, 0.1) is 29.6 Å². The van der Waals surface area contributed by atoms with Gasteiger partial charge in [-0.3, -0.25) is 29.0 Å². The van der Waals surface area contributed by atoms with E-state index in [0.717, 1.165) is 5.57 Å². The fraction of sp³-hybridized carbons (Fsp3) is 0.273. The smallest absolute Gasteiger partial charge is 0.238 e. The van der Waals surface area contributed by atoms with Crippen LogP contribution in [0.4, 0.5) is 11.4 Å². The molecule has 6 atom stereocenters. The third-order valence-electron chi connectivity index (χ3n) is 9.30. The molecule has 1 N–H and O–H groups in total. The van der Waals surface area contributed by atoms with Crippen LogP contribution in [0.1, 0.15) is 24.3 Å². The fourth-order valence-corrected chi connectivity index (χ4v) is 8.04. The van der Waals surface area contributed by atoms with E-state index in [9.17, 15) is 24.3 Å². The van der Waals surface area contributed by atoms with Gasteiger partial charge in [0.15, 0.2) is 11.5 Å². The van der Waals surface area contributed by atoms with Crippen molar-refractivity contribution in [3.05, 3.63) is 94.5 Å². The third kappa shape index (κ3) is 3.79. The number of ether oxygens (including phenoxy) is 1. The molecule has 212 valence electrons. The number of phenolic OH excluding ortho intramolecular Hbond substituents is 1. The number of imide groups is 2. The summed E-state index contributed by atoms with van der Waals surface area (Å²) in [7, 11) is 1.45. The predicted molar refractivity (Wildman–Crippen MR) is 158 cm³/mol. The second kappa shape index (κ2) is 9.94. The molecule has 42 heavy (non-hydrogen) atoms. The fourth-order valence-electron chi connectivity index (χ4n) is 7.59. The quantitative estimate of drug-likeness (QED) is 0.315. The van der Waals surface area contributed by atoms with Crippen LogP contribution in [-0.2, 0) is 19.2 Å². The number of nitrogens with zero attached hydrogens (tertiary/aromatic N) is 2. The number of phenols is 1. The summed E-state index contributed by atoms with van der Waals surface area (Å²) in [5, 5.41) is 11.4. The van der Waals surface area contributed by atoms with Crippen LogP contribution in [-0.4, -0.2) is 35.8 Å². The van der Waals surface area contributed by atoms with Crippen LogP contribution >= 0.6 is 15.9 Å². The molecule has 0 radical (unpaired) electrons. The first kappa shape index (κ1) is 26.6. The Morgan fingerprint density at radius 1 is 0.762 bits per heavy atom. The van der Waals surface area contributed by atoms with Crippen LogP contribution in [0.25, 0.3) is 0 Å². The van der Waals surface area contributed by atoms with Crippen molar-refractivity contribution < 1.29 is 29.0 Å². The zero-order chi connectivity index (χ0) is 29.3. The molecular formula is C33H27BrN2O6. The third-order valence-corrected chi connectivity index (χ3v) is 9.76. The number of allylic oxidation sites excluding steroid dienone is 2. The number of aromatic hydroxyl groups is 1. The molecule has 3 fully saturated rings. The summed E-state index contributed by atoms with van der Waals surface area (Å²) < 4.78 is 6.08. The SMILES string of the molecule is COc1cc(Br)cc(C2C3=CCC4C(=O)N(c5ccccc5)C(=O)C4C3CC3C(=O)N(c4ccccc4)C(=O)C32)c1O. The lowest BCUT2D eigenvalue weighted by atomic mass is 9.57. The van der Waals surface area contributed by atoms with Crippen LogP contribution in [0.3, 0.4) is 0 Å². The molecule has 0 bridgehead atoms. The summed E-state index contributed by atoms with van der Waals surface area (Å²) in [4.78, 5) is 58.4. The summed E-state index contributed by atoms with van der Waals surface area (Å²) in [6.45, 7) is 0. The highest BCUT2D eigenvalue weighted by Crippen LogP contribution is 2.60. The van der Waals surface area contributed by atoms with E-state index in [0.29, 0.717) is 27.8 Å². The number of fused-ring (bicyclic) bond motifs is 4. The first-order chi connectivity index (χ1) is 20.3. The van der Waals surface area contributed by atoms with Crippen molar-refractivity contribution in [1.29, 1.82) is 0 Å². The maximum Gasteiger partial charge on any atom is 0.238 e. The molecule has 0 spiro atoms. The second-order valence-electron chi connectivity index (χ2n) is 11.3. The van der Waals surface area contributed by atoms with E-state index in [1.807, 2.05) is 18.2 Å². The van der Waals surface area contributed by atoms with Gasteiger partial charge in [0.05, 0.1) is 42.2 Å². The van der Waals surface area contributed by atoms with E-state index in [2.05, 4.69) is 15.9 Å². The number of carbonyl (C=O) groups is 4. The van der Waals surface area contributed by atoms with Gasteiger partial charge < -0.3 is 9.84 Å². The molecule has 2 aliphatic carbocycles. The van der Waals surface area contributed by atoms with Crippen LogP contribution in [0.5, 0.6) is 11.5 Å². The van der Waals surface area contributed by atoms with Crippen molar-refractivity contribution in [2.24, 2.45) is 29.6 Å². The molecule has 4 aliphatic rings. The topological polar surface area (TPSA) is 104 Å². The van der Waals surface area contributed by atoms with Gasteiger partial charge in [0.2, 0.25) is 23.6 Å². The minimum absolute atomic E-state index is 0.119. The lowest BCUT2D eigenvalue weighted by Crippen LogP contribution is -2.43. The summed E-state index contributed by atoms with van der Waals surface area (Å²) in [5.74, 6) is -5.04. The average Bonchev–Trinajstić information content (AvgIpc) is 3.41. The summed E-state index contributed by atoms with van der Waals surface area (Å²) in [6, 6.07) is 21.1. The minimum atomic E-state index is -0.793. The summed E-state index contributed by atoms with van der Waals surface area (Å²) in [5.41, 5.74) is 2.25. The van der Waals surface area contributed by atoms with Gasteiger partial charge in [-0.1, -0.05) is 64.0 Å². The van der Waals surface area contributed by atoms with Gasteiger partial charge in [-0.2, -0.15) is 0 Å². The van der Waals surface area contributed by atoms with E-state index in [1.54, 1.807) is 60.7 Å². The molecule has 3 aromatic carbocycles. The minimum Gasteiger partial charge on any atom is -0.504 e. The molecule has 3 aromatic rings. The Bertz CT molecular complexity index is 1670. The Labute approximate surface area is 250 Å². The molecule has 7 rings (SSSR count). The number of amides is 4. The second-order valence-corrected chi connectivity index (χ2v) is 12.2. The van der Waals surface area contributed by atoms with Crippen LogP contribution < -0.4 is 14.5 Å². The lowest BCUT2D eigenvalue weighted by Gasteiger charge is -2.44. The molecular weight excluding hydrogens is 600 g/mol. The van der Waals surface area contributed by atoms with E-state index in [-0.39, 0.29) is 41.5 Å². The molecule has 4 amide bonds. The lowest BCUT2D eigenvalue weighted by molar-refractivity contribution is -0.126. The molecule has 9 heteroatoms. The zero-order valence-corrected chi connectivity index (χ0v) is 24.2. The maximum atomic E-state index is 14.2. The monoisotopic (exact) mass is 626 g/mol. The van der Waals surface area contributed by atoms with Crippen molar-refractivity contribution in [2.45, 2.75) is 18.8 Å². The summed E-state index contributed by atoms with van der Waals surface area (Å²) in [6.07, 6.45) is 2.55. The highest BCUT2D eigenvalue weighted by Gasteiger charge is 2.62. The largest absolute Gasteiger partial charge is 0.504 e. The highest BCUT2D eigenvalue weighted by molar-refractivity contribution is 9.10. The van der Waals surface area contributed by atoms with Gasteiger partial charge >= 0.3 is 0 Å². The molecule has 2 aliphatic heterocycles. The van der Waals surface area contributed by atoms with E-state index < -0.39 is 35.5 Å². The van der Waals surface area contributed by atoms with Gasteiger partial charge in [0, 0.05) is 16.0 Å². The van der Waals surface area contributed by atoms with Crippen LogP contribution in [0.15, 0.2) is 88.9 Å². The van der Waals surface area contributed by atoms with Gasteiger partial charge in [0.1, 0.15) is 0 Å². The standard InChI is InChI=1S/C33H27BrN2O6/c1-42-25-15-17(34)14-23(29(25)37)26-20-12-13-21-27(32(40)35(30(21)38)18-8-4-2-5-9-18)22(20)16-24-28(26)33(41)36(31(24)39)19-10-6-3-7-11-19/h2-12,14-15,21-22,24,26-28,37H,13,16H2,1H3. The predicted octanol–water partition coefficient (Wildman–Crippen LogP) is 5.21. The van der Waals surface area contributed by atoms with Crippen molar-refractivity contribution >= 4 is 50.9 Å². The highest BCUT2D eigenvalue weighted by atomic mass is 79.9. The number of hydrogen-bond donors (Lipinski definition) is 1. The zero-order valence-electron chi connectivity index (χ0n) is 22.6. The van der Waals surface area contributed by atoms with Crippen molar-refractivity contribution in [2.75, 3.05) is 16.9 Å². The average molecular weight is 627 g/mol. The number of para-hydroxylation sites is 2. The number of benzene rings is 3. The molecule has 6 unspecified atom stereocenters. The number of hydrogen-bond acceptors (Lipinski definition) is 6. The first-order valence-corrected chi connectivity index (χ1v) is 14.7. The Kier molecular flexibility index (Phi) is 6.31. The Morgan fingerprint density at radius 3 is 1.93 bits per heavy atom. The van der Waals surface area contributed by atoms with Gasteiger partial charge in [0.25, 0.3) is 0 Å². The number of halogens is 1. The van der Waals surface area contributed by atoms with E-state index in [1.165, 1.54) is 16.9 Å². The normalized spacial score (nSPS) is 28.4. The summed E-state index contributed by atoms with van der Waals surface area (Å²) >= 11 is 3.51. The van der Waals surface area contributed by atoms with Crippen molar-refractivity contribution in [1.82, 2.24) is 0 Å². The number of methoxy groups -OCH3 is 1. The molecule has 2 saturated heterocycles. The maximum absolute atomic E-state index is 14.2. The van der Waals surface area contributed by atoms with Crippen molar-refractivity contribution in [3.8, 4) is 11.5 Å². The van der Waals surface area contributed by atoms with Crippen molar-refractivity contribution in [3.63, 3.8) is 0 Å². The molecule has 0 aromatic heterocycles. The van der Waals surface area contributed by atoms with Crippen LogP contribution in [0.2, 0.25) is 0 Å². The number of rotatable bonds is 4. The van der Waals surface area contributed by atoms with Gasteiger partial charge in [-0.05, 0) is 55.2 Å². The molecule has 8 nitrogen and oxygen atoms in total. The molecule has 2 heterocycles. The first-order valence-electron chi connectivity index (χ1n) is 13.9. The number of carbonyl (C=O) groups excluding carboxylic acids is 4. The van der Waals surface area contributed by atoms with Gasteiger partial charge in [-0.15, -0.1) is 0 Å². The Balaban J connectivity index is 1.38. The Morgan fingerprint density at radius 2 is 1.33 bits per heavy atom. The van der Waals surface area contributed by atoms with E-state index in [4.69, 9.17) is 4.74 Å². The van der Waals surface area contributed by atoms with E-state index >= 15 is 0 Å². The Hall–Kier alpha value is -4.24. The van der Waals surface area contributed by atoms with Gasteiger partial charge in [-0.25, -0.2) is 0 Å². The number of anilines is 2.